The Labute approximate surface area is 126 Å². The third kappa shape index (κ3) is 4.50. The van der Waals surface area contributed by atoms with Gasteiger partial charge in [-0.1, -0.05) is 35.9 Å². The fraction of sp³-hybridized carbons (Fsp3) is 0.0667. The van der Waals surface area contributed by atoms with Gasteiger partial charge < -0.3 is 15.7 Å². The number of para-hydroxylation sites is 1. The van der Waals surface area contributed by atoms with Crippen molar-refractivity contribution in [1.82, 2.24) is 0 Å². The summed E-state index contributed by atoms with van der Waals surface area (Å²) in [7, 11) is 0. The number of carboxylic acid groups (broad SMARTS) is 1. The van der Waals surface area contributed by atoms with Crippen LogP contribution >= 0.6 is 11.6 Å². The van der Waals surface area contributed by atoms with Crippen LogP contribution in [0, 0.1) is 0 Å². The molecule has 0 radical (unpaired) electrons. The molecule has 3 N–H and O–H groups in total. The van der Waals surface area contributed by atoms with E-state index in [4.69, 9.17) is 16.7 Å². The van der Waals surface area contributed by atoms with E-state index in [0.717, 1.165) is 0 Å². The Hall–Kier alpha value is -2.53. The van der Waals surface area contributed by atoms with Gasteiger partial charge in [-0.2, -0.15) is 0 Å². The molecular weight excluding hydrogens is 292 g/mol. The number of amides is 2. The summed E-state index contributed by atoms with van der Waals surface area (Å²) in [5, 5.41) is 14.6. The summed E-state index contributed by atoms with van der Waals surface area (Å²) in [6.07, 6.45) is -0.159. The summed E-state index contributed by atoms with van der Waals surface area (Å²) in [6.45, 7) is 0. The monoisotopic (exact) mass is 304 g/mol. The fourth-order valence-corrected chi connectivity index (χ4v) is 2.00. The van der Waals surface area contributed by atoms with Crippen LogP contribution in [0.25, 0.3) is 0 Å². The lowest BCUT2D eigenvalue weighted by Crippen LogP contribution is -2.20. The molecule has 0 saturated heterocycles. The molecule has 2 aromatic carbocycles. The summed E-state index contributed by atoms with van der Waals surface area (Å²) >= 11 is 5.83. The van der Waals surface area contributed by atoms with Crippen molar-refractivity contribution >= 4 is 35.0 Å². The van der Waals surface area contributed by atoms with Crippen molar-refractivity contribution in [1.29, 1.82) is 0 Å². The number of benzene rings is 2. The van der Waals surface area contributed by atoms with E-state index in [2.05, 4.69) is 10.6 Å². The van der Waals surface area contributed by atoms with Gasteiger partial charge in [-0.3, -0.25) is 4.79 Å². The number of aliphatic carboxylic acids is 1. The molecule has 108 valence electrons. The number of hydrogen-bond donors (Lipinski definition) is 3. The molecule has 0 aliphatic heterocycles. The zero-order chi connectivity index (χ0) is 15.2. The lowest BCUT2D eigenvalue weighted by atomic mass is 10.1. The van der Waals surface area contributed by atoms with Crippen molar-refractivity contribution in [2.24, 2.45) is 0 Å². The second kappa shape index (κ2) is 6.76. The van der Waals surface area contributed by atoms with E-state index in [0.29, 0.717) is 22.0 Å². The first-order chi connectivity index (χ1) is 10.0. The molecule has 0 aliphatic rings. The van der Waals surface area contributed by atoms with Crippen LogP contribution in [0.15, 0.2) is 48.5 Å². The van der Waals surface area contributed by atoms with E-state index >= 15 is 0 Å². The van der Waals surface area contributed by atoms with Crippen LogP contribution in [0.1, 0.15) is 5.56 Å². The SMILES string of the molecule is O=C(O)Cc1ccccc1NC(=O)Nc1cccc(Cl)c1. The van der Waals surface area contributed by atoms with E-state index in [1.807, 2.05) is 0 Å². The number of nitrogens with one attached hydrogen (secondary N) is 2. The number of hydrogen-bond acceptors (Lipinski definition) is 2. The second-order valence-electron chi connectivity index (χ2n) is 4.32. The Bertz CT molecular complexity index is 673. The second-order valence-corrected chi connectivity index (χ2v) is 4.75. The van der Waals surface area contributed by atoms with Crippen molar-refractivity contribution in [3.05, 3.63) is 59.1 Å². The predicted molar refractivity (Wildman–Crippen MR) is 81.9 cm³/mol. The van der Waals surface area contributed by atoms with E-state index in [1.165, 1.54) is 0 Å². The Morgan fingerprint density at radius 2 is 1.81 bits per heavy atom. The van der Waals surface area contributed by atoms with Crippen molar-refractivity contribution in [2.75, 3.05) is 10.6 Å². The minimum Gasteiger partial charge on any atom is -0.481 e. The van der Waals surface area contributed by atoms with E-state index in [1.54, 1.807) is 48.5 Å². The summed E-state index contributed by atoms with van der Waals surface area (Å²) < 4.78 is 0. The molecule has 0 atom stereocenters. The van der Waals surface area contributed by atoms with E-state index < -0.39 is 12.0 Å². The Kier molecular flexibility index (Phi) is 4.79. The van der Waals surface area contributed by atoms with Gasteiger partial charge in [0.15, 0.2) is 0 Å². The molecule has 0 heterocycles. The molecule has 6 heteroatoms. The average Bonchev–Trinajstić information content (AvgIpc) is 2.40. The first-order valence-electron chi connectivity index (χ1n) is 6.18. The van der Waals surface area contributed by atoms with Crippen LogP contribution in [0.2, 0.25) is 5.02 Å². The highest BCUT2D eigenvalue weighted by molar-refractivity contribution is 6.30. The zero-order valence-corrected chi connectivity index (χ0v) is 11.7. The molecule has 2 amide bonds. The smallest absolute Gasteiger partial charge is 0.323 e. The highest BCUT2D eigenvalue weighted by atomic mass is 35.5. The number of carbonyl (C=O) groups is 2. The van der Waals surface area contributed by atoms with Gasteiger partial charge in [0.1, 0.15) is 0 Å². The Balaban J connectivity index is 2.07. The quantitative estimate of drug-likeness (QED) is 0.807. The maximum atomic E-state index is 11.9. The molecule has 0 spiro atoms. The lowest BCUT2D eigenvalue weighted by molar-refractivity contribution is -0.136. The minimum atomic E-state index is -0.959. The molecular formula is C15H13ClN2O3. The largest absolute Gasteiger partial charge is 0.481 e. The predicted octanol–water partition coefficient (Wildman–Crippen LogP) is 3.61. The zero-order valence-electron chi connectivity index (χ0n) is 11.0. The van der Waals surface area contributed by atoms with Crippen LogP contribution in [0.3, 0.4) is 0 Å². The van der Waals surface area contributed by atoms with Gasteiger partial charge in [-0.25, -0.2) is 4.79 Å². The Morgan fingerprint density at radius 1 is 1.05 bits per heavy atom. The first-order valence-corrected chi connectivity index (χ1v) is 6.55. The fourth-order valence-electron chi connectivity index (χ4n) is 1.81. The molecule has 0 aromatic heterocycles. The molecule has 0 unspecified atom stereocenters. The van der Waals surface area contributed by atoms with Gasteiger partial charge in [-0.15, -0.1) is 0 Å². The minimum absolute atomic E-state index is 0.159. The Morgan fingerprint density at radius 3 is 2.52 bits per heavy atom. The lowest BCUT2D eigenvalue weighted by Gasteiger charge is -2.11. The van der Waals surface area contributed by atoms with Crippen LogP contribution in [0.4, 0.5) is 16.2 Å². The average molecular weight is 305 g/mol. The highest BCUT2D eigenvalue weighted by Crippen LogP contribution is 2.18. The summed E-state index contributed by atoms with van der Waals surface area (Å²) in [5.74, 6) is -0.959. The van der Waals surface area contributed by atoms with Gasteiger partial charge in [0.05, 0.1) is 6.42 Å². The third-order valence-electron chi connectivity index (χ3n) is 2.69. The molecule has 5 nitrogen and oxygen atoms in total. The van der Waals surface area contributed by atoms with Gasteiger partial charge in [0.25, 0.3) is 0 Å². The summed E-state index contributed by atoms with van der Waals surface area (Å²) in [5.41, 5.74) is 1.54. The molecule has 0 fully saturated rings. The third-order valence-corrected chi connectivity index (χ3v) is 2.92. The number of rotatable bonds is 4. The van der Waals surface area contributed by atoms with Gasteiger partial charge in [0, 0.05) is 16.4 Å². The van der Waals surface area contributed by atoms with Crippen LogP contribution in [0.5, 0.6) is 0 Å². The number of anilines is 2. The molecule has 2 rings (SSSR count). The van der Waals surface area contributed by atoms with Crippen molar-refractivity contribution in [2.45, 2.75) is 6.42 Å². The van der Waals surface area contributed by atoms with Gasteiger partial charge in [0.2, 0.25) is 0 Å². The van der Waals surface area contributed by atoms with Crippen LogP contribution in [-0.2, 0) is 11.2 Å². The van der Waals surface area contributed by atoms with E-state index in [9.17, 15) is 9.59 Å². The van der Waals surface area contributed by atoms with Crippen molar-refractivity contribution in [3.63, 3.8) is 0 Å². The number of urea groups is 1. The molecule has 21 heavy (non-hydrogen) atoms. The summed E-state index contributed by atoms with van der Waals surface area (Å²) in [6, 6.07) is 13.0. The maximum absolute atomic E-state index is 11.9. The van der Waals surface area contributed by atoms with Gasteiger partial charge >= 0.3 is 12.0 Å². The van der Waals surface area contributed by atoms with Crippen LogP contribution in [-0.4, -0.2) is 17.1 Å². The number of halogens is 1. The standard InChI is InChI=1S/C15H13ClN2O3/c16-11-5-3-6-12(9-11)17-15(21)18-13-7-2-1-4-10(13)8-14(19)20/h1-7,9H,8H2,(H,19,20)(H2,17,18,21). The van der Waals surface area contributed by atoms with E-state index in [-0.39, 0.29) is 6.42 Å². The molecule has 0 aliphatic carbocycles. The molecule has 0 saturated carbocycles. The molecule has 0 bridgehead atoms. The van der Waals surface area contributed by atoms with Gasteiger partial charge in [-0.05, 0) is 29.8 Å². The number of carbonyl (C=O) groups excluding carboxylic acids is 1. The van der Waals surface area contributed by atoms with Crippen LogP contribution < -0.4 is 10.6 Å². The topological polar surface area (TPSA) is 78.4 Å². The highest BCUT2D eigenvalue weighted by Gasteiger charge is 2.09. The van der Waals surface area contributed by atoms with Crippen molar-refractivity contribution < 1.29 is 14.7 Å². The molecule has 2 aromatic rings. The summed E-state index contributed by atoms with van der Waals surface area (Å²) in [4.78, 5) is 22.7. The first kappa shape index (κ1) is 14.9. The normalized spacial score (nSPS) is 9.95. The van der Waals surface area contributed by atoms with Crippen molar-refractivity contribution in [3.8, 4) is 0 Å². The maximum Gasteiger partial charge on any atom is 0.323 e. The number of carboxylic acids is 1.